The third-order valence-electron chi connectivity index (χ3n) is 4.80. The Bertz CT molecular complexity index is 209. The van der Waals surface area contributed by atoms with E-state index in [0.717, 1.165) is 24.4 Å². The van der Waals surface area contributed by atoms with E-state index in [2.05, 4.69) is 19.2 Å². The van der Waals surface area contributed by atoms with E-state index in [-0.39, 0.29) is 0 Å². The molecule has 1 heterocycles. The van der Waals surface area contributed by atoms with Crippen molar-refractivity contribution in [3.63, 3.8) is 0 Å². The van der Waals surface area contributed by atoms with Crippen molar-refractivity contribution in [3.05, 3.63) is 0 Å². The van der Waals surface area contributed by atoms with Crippen molar-refractivity contribution in [2.24, 2.45) is 23.0 Å². The third-order valence-corrected chi connectivity index (χ3v) is 4.80. The summed E-state index contributed by atoms with van der Waals surface area (Å²) in [5, 5.41) is 3.62. The highest BCUT2D eigenvalue weighted by Crippen LogP contribution is 2.55. The maximum Gasteiger partial charge on any atom is 0.0136 e. The SMILES string of the molecule is CCCCC1NCC12CC(C(C)CN)C2. The second-order valence-electron chi connectivity index (χ2n) is 5.82. The Balaban J connectivity index is 1.76. The molecule has 1 saturated carbocycles. The molecule has 88 valence electrons. The molecule has 2 heteroatoms. The highest BCUT2D eigenvalue weighted by Gasteiger charge is 2.55. The van der Waals surface area contributed by atoms with Gasteiger partial charge in [-0.25, -0.2) is 0 Å². The van der Waals surface area contributed by atoms with Crippen LogP contribution in [0.4, 0.5) is 0 Å². The van der Waals surface area contributed by atoms with Crippen molar-refractivity contribution in [2.45, 2.75) is 52.0 Å². The Kier molecular flexibility index (Phi) is 3.36. The second kappa shape index (κ2) is 4.42. The van der Waals surface area contributed by atoms with Gasteiger partial charge in [-0.3, -0.25) is 0 Å². The van der Waals surface area contributed by atoms with E-state index in [1.54, 1.807) is 0 Å². The van der Waals surface area contributed by atoms with Gasteiger partial charge in [0, 0.05) is 12.6 Å². The van der Waals surface area contributed by atoms with Gasteiger partial charge in [-0.2, -0.15) is 0 Å². The molecule has 0 aromatic rings. The molecule has 0 radical (unpaired) electrons. The molecule has 1 saturated heterocycles. The van der Waals surface area contributed by atoms with Gasteiger partial charge in [-0.1, -0.05) is 26.7 Å². The first-order chi connectivity index (χ1) is 7.22. The summed E-state index contributed by atoms with van der Waals surface area (Å²) in [6, 6.07) is 0.832. The number of unbranched alkanes of at least 4 members (excludes halogenated alkanes) is 1. The monoisotopic (exact) mass is 210 g/mol. The highest BCUT2D eigenvalue weighted by atomic mass is 15.1. The number of hydrogen-bond donors (Lipinski definition) is 2. The minimum absolute atomic E-state index is 0.698. The average Bonchev–Trinajstić information content (AvgIpc) is 2.14. The van der Waals surface area contributed by atoms with Crippen LogP contribution in [0.1, 0.15) is 46.0 Å². The summed E-state index contributed by atoms with van der Waals surface area (Å²) in [4.78, 5) is 0. The minimum Gasteiger partial charge on any atom is -0.330 e. The fourth-order valence-corrected chi connectivity index (χ4v) is 3.36. The summed E-state index contributed by atoms with van der Waals surface area (Å²) < 4.78 is 0. The zero-order valence-electron chi connectivity index (χ0n) is 10.3. The van der Waals surface area contributed by atoms with Crippen molar-refractivity contribution in [1.82, 2.24) is 5.32 Å². The van der Waals surface area contributed by atoms with E-state index in [1.165, 1.54) is 38.6 Å². The van der Waals surface area contributed by atoms with E-state index in [0.29, 0.717) is 5.41 Å². The van der Waals surface area contributed by atoms with Crippen molar-refractivity contribution in [3.8, 4) is 0 Å². The molecule has 0 amide bonds. The summed E-state index contributed by atoms with van der Waals surface area (Å²) in [7, 11) is 0. The van der Waals surface area contributed by atoms with Gasteiger partial charge >= 0.3 is 0 Å². The zero-order valence-corrected chi connectivity index (χ0v) is 10.3. The quantitative estimate of drug-likeness (QED) is 0.729. The highest BCUT2D eigenvalue weighted by molar-refractivity contribution is 5.10. The Morgan fingerprint density at radius 1 is 1.47 bits per heavy atom. The van der Waals surface area contributed by atoms with Gasteiger partial charge in [0.2, 0.25) is 0 Å². The van der Waals surface area contributed by atoms with Crippen LogP contribution in [0.25, 0.3) is 0 Å². The van der Waals surface area contributed by atoms with Crippen molar-refractivity contribution >= 4 is 0 Å². The van der Waals surface area contributed by atoms with E-state index in [9.17, 15) is 0 Å². The first kappa shape index (κ1) is 11.4. The molecule has 2 rings (SSSR count). The van der Waals surface area contributed by atoms with Crippen LogP contribution in [0.15, 0.2) is 0 Å². The molecule has 3 N–H and O–H groups in total. The smallest absolute Gasteiger partial charge is 0.0136 e. The molecule has 1 spiro atoms. The molecule has 2 atom stereocenters. The first-order valence-corrected chi connectivity index (χ1v) is 6.65. The van der Waals surface area contributed by atoms with Crippen LogP contribution in [0.2, 0.25) is 0 Å². The van der Waals surface area contributed by atoms with Crippen molar-refractivity contribution < 1.29 is 0 Å². The van der Waals surface area contributed by atoms with Crippen molar-refractivity contribution in [2.75, 3.05) is 13.1 Å². The molecular weight excluding hydrogens is 184 g/mol. The molecule has 0 bridgehead atoms. The van der Waals surface area contributed by atoms with E-state index in [1.807, 2.05) is 0 Å². The minimum atomic E-state index is 0.698. The summed E-state index contributed by atoms with van der Waals surface area (Å²) in [6.45, 7) is 6.74. The van der Waals surface area contributed by atoms with Gasteiger partial charge in [0.1, 0.15) is 0 Å². The molecule has 2 unspecified atom stereocenters. The average molecular weight is 210 g/mol. The van der Waals surface area contributed by atoms with Gasteiger partial charge in [-0.15, -0.1) is 0 Å². The molecule has 0 aromatic carbocycles. The van der Waals surface area contributed by atoms with Gasteiger partial charge in [0.25, 0.3) is 0 Å². The number of hydrogen-bond acceptors (Lipinski definition) is 2. The maximum atomic E-state index is 5.73. The van der Waals surface area contributed by atoms with Crippen LogP contribution in [-0.4, -0.2) is 19.1 Å². The number of nitrogens with two attached hydrogens (primary N) is 1. The fourth-order valence-electron chi connectivity index (χ4n) is 3.36. The van der Waals surface area contributed by atoms with E-state index in [4.69, 9.17) is 5.73 Å². The predicted octanol–water partition coefficient (Wildman–Crippen LogP) is 2.14. The van der Waals surface area contributed by atoms with Gasteiger partial charge in [0.05, 0.1) is 0 Å². The lowest BCUT2D eigenvalue weighted by Crippen LogP contribution is -2.68. The van der Waals surface area contributed by atoms with Crippen LogP contribution in [0.5, 0.6) is 0 Å². The summed E-state index contributed by atoms with van der Waals surface area (Å²) >= 11 is 0. The molecule has 2 nitrogen and oxygen atoms in total. The van der Waals surface area contributed by atoms with Crippen LogP contribution in [0.3, 0.4) is 0 Å². The number of rotatable bonds is 5. The van der Waals surface area contributed by atoms with Crippen LogP contribution < -0.4 is 11.1 Å². The van der Waals surface area contributed by atoms with E-state index < -0.39 is 0 Å². The molecule has 2 fully saturated rings. The predicted molar refractivity (Wildman–Crippen MR) is 64.7 cm³/mol. The maximum absolute atomic E-state index is 5.73. The molecule has 0 aromatic heterocycles. The molecule has 1 aliphatic heterocycles. The van der Waals surface area contributed by atoms with Crippen LogP contribution in [0, 0.1) is 17.3 Å². The van der Waals surface area contributed by atoms with Crippen molar-refractivity contribution in [1.29, 1.82) is 0 Å². The standard InChI is InChI=1S/C13H26N2/c1-3-4-5-12-13(9-15-12)6-11(7-13)10(2)8-14/h10-12,15H,3-9,14H2,1-2H3. The summed E-state index contributed by atoms with van der Waals surface area (Å²) in [5.74, 6) is 1.66. The van der Waals surface area contributed by atoms with Gasteiger partial charge < -0.3 is 11.1 Å². The topological polar surface area (TPSA) is 38.0 Å². The fraction of sp³-hybridized carbons (Fsp3) is 1.00. The molecule has 15 heavy (non-hydrogen) atoms. The van der Waals surface area contributed by atoms with Gasteiger partial charge in [0.15, 0.2) is 0 Å². The normalized spacial score (nSPS) is 41.0. The Morgan fingerprint density at radius 2 is 2.20 bits per heavy atom. The lowest BCUT2D eigenvalue weighted by molar-refractivity contribution is -0.0717. The van der Waals surface area contributed by atoms with Crippen LogP contribution >= 0.6 is 0 Å². The van der Waals surface area contributed by atoms with Gasteiger partial charge in [-0.05, 0) is 43.1 Å². The number of nitrogens with one attached hydrogen (secondary N) is 1. The third kappa shape index (κ3) is 1.94. The summed E-state index contributed by atoms with van der Waals surface area (Å²) in [5.41, 5.74) is 6.43. The zero-order chi connectivity index (χ0) is 10.9. The second-order valence-corrected chi connectivity index (χ2v) is 5.82. The van der Waals surface area contributed by atoms with E-state index >= 15 is 0 Å². The molecular formula is C13H26N2. The Labute approximate surface area is 94.0 Å². The van der Waals surface area contributed by atoms with Crippen LogP contribution in [-0.2, 0) is 0 Å². The largest absolute Gasteiger partial charge is 0.330 e. The Morgan fingerprint density at radius 3 is 2.67 bits per heavy atom. The lowest BCUT2D eigenvalue weighted by Gasteiger charge is -2.61. The Hall–Kier alpha value is -0.0800. The first-order valence-electron chi connectivity index (χ1n) is 6.65. The molecule has 2 aliphatic rings. The lowest BCUT2D eigenvalue weighted by atomic mass is 9.51. The summed E-state index contributed by atoms with van der Waals surface area (Å²) in [6.07, 6.45) is 6.98. The molecule has 1 aliphatic carbocycles.